The molecule has 3 rings (SSSR count). The van der Waals surface area contributed by atoms with E-state index in [2.05, 4.69) is 11.1 Å². The van der Waals surface area contributed by atoms with Crippen molar-refractivity contribution < 1.29 is 4.79 Å². The average Bonchev–Trinajstić information content (AvgIpc) is 2.49. The van der Waals surface area contributed by atoms with Gasteiger partial charge >= 0.3 is 0 Å². The molecule has 1 aliphatic carbocycles. The van der Waals surface area contributed by atoms with Gasteiger partial charge in [0.1, 0.15) is 0 Å². The first-order valence-corrected chi connectivity index (χ1v) is 7.35. The van der Waals surface area contributed by atoms with E-state index in [1.54, 1.807) is 24.4 Å². The number of ketones is 1. The van der Waals surface area contributed by atoms with Gasteiger partial charge in [0, 0.05) is 11.8 Å². The van der Waals surface area contributed by atoms with Gasteiger partial charge in [-0.2, -0.15) is 0 Å². The summed E-state index contributed by atoms with van der Waals surface area (Å²) in [6.07, 6.45) is 4.59. The van der Waals surface area contributed by atoms with Gasteiger partial charge in [-0.05, 0) is 49.1 Å². The van der Waals surface area contributed by atoms with Gasteiger partial charge in [-0.15, -0.1) is 0 Å². The van der Waals surface area contributed by atoms with E-state index < -0.39 is 0 Å². The number of hydrogen-bond donors (Lipinski definition) is 0. The van der Waals surface area contributed by atoms with Crippen LogP contribution in [0.4, 0.5) is 0 Å². The quantitative estimate of drug-likeness (QED) is 0.753. The van der Waals surface area contributed by atoms with Crippen LogP contribution >= 0.6 is 23.2 Å². The van der Waals surface area contributed by atoms with E-state index in [1.807, 2.05) is 6.07 Å². The third-order valence-electron chi connectivity index (χ3n) is 3.72. The lowest BCUT2D eigenvalue weighted by atomic mass is 9.82. The van der Waals surface area contributed by atoms with Crippen LogP contribution in [-0.2, 0) is 6.42 Å². The number of benzene rings is 1. The molecule has 0 N–H and O–H groups in total. The van der Waals surface area contributed by atoms with E-state index in [0.29, 0.717) is 15.6 Å². The fourth-order valence-electron chi connectivity index (χ4n) is 2.72. The molecule has 2 nitrogen and oxygen atoms in total. The van der Waals surface area contributed by atoms with Crippen LogP contribution in [0.1, 0.15) is 40.4 Å². The summed E-state index contributed by atoms with van der Waals surface area (Å²) >= 11 is 11.9. The number of rotatable bonds is 2. The summed E-state index contributed by atoms with van der Waals surface area (Å²) in [5, 5.41) is 0.875. The van der Waals surface area contributed by atoms with E-state index in [0.717, 1.165) is 25.0 Å². The van der Waals surface area contributed by atoms with Crippen LogP contribution in [0.25, 0.3) is 0 Å². The highest BCUT2D eigenvalue weighted by molar-refractivity contribution is 6.42. The second-order valence-corrected chi connectivity index (χ2v) is 5.80. The monoisotopic (exact) mass is 305 g/mol. The van der Waals surface area contributed by atoms with Crippen molar-refractivity contribution in [1.82, 2.24) is 4.98 Å². The molecule has 1 aromatic heterocycles. The van der Waals surface area contributed by atoms with Gasteiger partial charge in [0.15, 0.2) is 5.78 Å². The van der Waals surface area contributed by atoms with E-state index in [4.69, 9.17) is 23.2 Å². The normalized spacial score (nSPS) is 17.6. The number of aryl methyl sites for hydroxylation is 1. The molecule has 1 atom stereocenters. The molecule has 0 saturated carbocycles. The van der Waals surface area contributed by atoms with Crippen molar-refractivity contribution in [2.24, 2.45) is 0 Å². The Labute approximate surface area is 127 Å². The Morgan fingerprint density at radius 2 is 2.05 bits per heavy atom. The molecule has 0 aliphatic heterocycles. The van der Waals surface area contributed by atoms with Crippen molar-refractivity contribution in [3.63, 3.8) is 0 Å². The van der Waals surface area contributed by atoms with E-state index >= 15 is 0 Å². The Bertz CT molecular complexity index is 669. The number of carbonyl (C=O) groups excluding carboxylic acids is 1. The molecule has 102 valence electrons. The number of hydrogen-bond acceptors (Lipinski definition) is 2. The van der Waals surface area contributed by atoms with Gasteiger partial charge in [-0.25, -0.2) is 0 Å². The zero-order valence-corrected chi connectivity index (χ0v) is 12.3. The fraction of sp³-hybridized carbons (Fsp3) is 0.250. The molecule has 1 heterocycles. The highest BCUT2D eigenvalue weighted by Gasteiger charge is 2.28. The lowest BCUT2D eigenvalue weighted by Gasteiger charge is -2.23. The minimum Gasteiger partial charge on any atom is -0.293 e. The van der Waals surface area contributed by atoms with Crippen LogP contribution in [0.15, 0.2) is 36.5 Å². The Balaban J connectivity index is 1.97. The van der Waals surface area contributed by atoms with Crippen molar-refractivity contribution >= 4 is 29.0 Å². The Morgan fingerprint density at radius 3 is 2.85 bits per heavy atom. The number of fused-ring (bicyclic) bond motifs is 1. The van der Waals surface area contributed by atoms with E-state index in [9.17, 15) is 4.79 Å². The van der Waals surface area contributed by atoms with Crippen LogP contribution in [0.2, 0.25) is 10.0 Å². The van der Waals surface area contributed by atoms with Crippen molar-refractivity contribution in [1.29, 1.82) is 0 Å². The third-order valence-corrected chi connectivity index (χ3v) is 4.45. The summed E-state index contributed by atoms with van der Waals surface area (Å²) in [6.45, 7) is 0. The molecular formula is C16H13Cl2NO. The predicted molar refractivity (Wildman–Crippen MR) is 80.7 cm³/mol. The van der Waals surface area contributed by atoms with E-state index in [-0.39, 0.29) is 11.7 Å². The molecule has 4 heteroatoms. The van der Waals surface area contributed by atoms with Gasteiger partial charge in [0.2, 0.25) is 0 Å². The first-order chi connectivity index (χ1) is 9.66. The summed E-state index contributed by atoms with van der Waals surface area (Å²) < 4.78 is 0. The zero-order chi connectivity index (χ0) is 14.1. The molecule has 20 heavy (non-hydrogen) atoms. The minimum absolute atomic E-state index is 0.0724. The van der Waals surface area contributed by atoms with Gasteiger partial charge < -0.3 is 0 Å². The molecule has 0 spiro atoms. The number of pyridine rings is 1. The first-order valence-electron chi connectivity index (χ1n) is 6.60. The number of Topliss-reactive ketones (excluding diaryl/α,β-unsaturated/α-hetero) is 1. The molecule has 0 radical (unpaired) electrons. The van der Waals surface area contributed by atoms with E-state index in [1.165, 1.54) is 5.56 Å². The summed E-state index contributed by atoms with van der Waals surface area (Å²) in [4.78, 5) is 17.1. The van der Waals surface area contributed by atoms with Crippen LogP contribution in [-0.4, -0.2) is 10.8 Å². The SMILES string of the molecule is O=C(c1ccc(Cl)c(Cl)c1)C1CCCc2cccnc21. The van der Waals surface area contributed by atoms with Crippen LogP contribution in [0.5, 0.6) is 0 Å². The smallest absolute Gasteiger partial charge is 0.171 e. The molecular weight excluding hydrogens is 293 g/mol. The first kappa shape index (κ1) is 13.6. The molecule has 1 aromatic carbocycles. The van der Waals surface area contributed by atoms with Crippen molar-refractivity contribution in [3.05, 3.63) is 63.4 Å². The maximum absolute atomic E-state index is 12.7. The van der Waals surface area contributed by atoms with Crippen molar-refractivity contribution in [3.8, 4) is 0 Å². The lowest BCUT2D eigenvalue weighted by Crippen LogP contribution is -2.20. The summed E-state index contributed by atoms with van der Waals surface area (Å²) in [5.41, 5.74) is 2.69. The Kier molecular flexibility index (Phi) is 3.77. The van der Waals surface area contributed by atoms with Gasteiger partial charge in [-0.1, -0.05) is 29.3 Å². The molecule has 0 saturated heterocycles. The number of halogens is 2. The highest BCUT2D eigenvalue weighted by Crippen LogP contribution is 2.33. The minimum atomic E-state index is -0.169. The Morgan fingerprint density at radius 1 is 1.20 bits per heavy atom. The molecule has 0 amide bonds. The summed E-state index contributed by atoms with van der Waals surface area (Å²) in [7, 11) is 0. The summed E-state index contributed by atoms with van der Waals surface area (Å²) in [6, 6.07) is 9.01. The second-order valence-electron chi connectivity index (χ2n) is 4.99. The van der Waals surface area contributed by atoms with Crippen LogP contribution in [0.3, 0.4) is 0 Å². The second kappa shape index (κ2) is 5.55. The average molecular weight is 306 g/mol. The topological polar surface area (TPSA) is 30.0 Å². The number of aromatic nitrogens is 1. The zero-order valence-electron chi connectivity index (χ0n) is 10.8. The third kappa shape index (κ3) is 2.46. The van der Waals surface area contributed by atoms with Crippen LogP contribution < -0.4 is 0 Å². The van der Waals surface area contributed by atoms with Gasteiger partial charge in [0.05, 0.1) is 21.7 Å². The summed E-state index contributed by atoms with van der Waals surface area (Å²) in [5.74, 6) is -0.0968. The molecule has 1 aliphatic rings. The molecule has 2 aromatic rings. The van der Waals surface area contributed by atoms with Crippen LogP contribution in [0, 0.1) is 0 Å². The predicted octanol–water partition coefficient (Wildman–Crippen LogP) is 4.69. The number of nitrogens with zero attached hydrogens (tertiary/aromatic N) is 1. The standard InChI is InChI=1S/C16H13Cl2NO/c17-13-7-6-11(9-14(13)18)16(20)12-5-1-3-10-4-2-8-19-15(10)12/h2,4,6-9,12H,1,3,5H2. The van der Waals surface area contributed by atoms with Gasteiger partial charge in [0.25, 0.3) is 0 Å². The molecule has 0 bridgehead atoms. The fourth-order valence-corrected chi connectivity index (χ4v) is 3.01. The van der Waals surface area contributed by atoms with Crippen molar-refractivity contribution in [2.75, 3.05) is 0 Å². The number of carbonyl (C=O) groups is 1. The highest BCUT2D eigenvalue weighted by atomic mass is 35.5. The largest absolute Gasteiger partial charge is 0.293 e. The molecule has 0 fully saturated rings. The maximum atomic E-state index is 12.7. The molecule has 1 unspecified atom stereocenters. The maximum Gasteiger partial charge on any atom is 0.171 e. The Hall–Kier alpha value is -1.38. The van der Waals surface area contributed by atoms with Gasteiger partial charge in [-0.3, -0.25) is 9.78 Å². The lowest BCUT2D eigenvalue weighted by molar-refractivity contribution is 0.0949. The van der Waals surface area contributed by atoms with Crippen molar-refractivity contribution in [2.45, 2.75) is 25.2 Å².